The Labute approximate surface area is 126 Å². The van der Waals surface area contributed by atoms with Gasteiger partial charge in [-0.15, -0.1) is 0 Å². The molecular formula is C13H14BrClN4. The second kappa shape index (κ2) is 6.21. The van der Waals surface area contributed by atoms with Crippen LogP contribution < -0.4 is 10.2 Å². The second-order valence-corrected chi connectivity index (χ2v) is 5.32. The third kappa shape index (κ3) is 3.36. The standard InChI is InChI=1S/C13H14BrClN4/c1-16-13-17-7-10(14)12(18-13)19(2)8-9-5-3-4-6-11(9)15/h3-7H,8H2,1-2H3,(H,16,17,18). The SMILES string of the molecule is CNc1ncc(Br)c(N(C)Cc2ccccc2Cl)n1. The van der Waals surface area contributed by atoms with Crippen LogP contribution in [-0.2, 0) is 6.54 Å². The van der Waals surface area contributed by atoms with Gasteiger partial charge in [0.15, 0.2) is 0 Å². The summed E-state index contributed by atoms with van der Waals surface area (Å²) in [5.41, 5.74) is 1.06. The average Bonchev–Trinajstić information content (AvgIpc) is 2.42. The van der Waals surface area contributed by atoms with Crippen molar-refractivity contribution in [3.8, 4) is 0 Å². The average molecular weight is 342 g/mol. The van der Waals surface area contributed by atoms with E-state index >= 15 is 0 Å². The summed E-state index contributed by atoms with van der Waals surface area (Å²) in [6.45, 7) is 0.679. The van der Waals surface area contributed by atoms with Gasteiger partial charge in [-0.3, -0.25) is 0 Å². The van der Waals surface area contributed by atoms with Gasteiger partial charge >= 0.3 is 0 Å². The summed E-state index contributed by atoms with van der Waals surface area (Å²) >= 11 is 9.64. The van der Waals surface area contributed by atoms with Crippen LogP contribution in [0.15, 0.2) is 34.9 Å². The van der Waals surface area contributed by atoms with Crippen molar-refractivity contribution in [2.24, 2.45) is 0 Å². The molecule has 1 aromatic heterocycles. The predicted octanol–water partition coefficient (Wildman–Crippen LogP) is 3.57. The van der Waals surface area contributed by atoms with Crippen molar-refractivity contribution in [3.05, 3.63) is 45.5 Å². The van der Waals surface area contributed by atoms with E-state index in [9.17, 15) is 0 Å². The van der Waals surface area contributed by atoms with E-state index in [0.29, 0.717) is 12.5 Å². The van der Waals surface area contributed by atoms with Crippen molar-refractivity contribution in [2.75, 3.05) is 24.3 Å². The maximum absolute atomic E-state index is 6.17. The van der Waals surface area contributed by atoms with Gasteiger partial charge in [0.1, 0.15) is 5.82 Å². The van der Waals surface area contributed by atoms with Gasteiger partial charge in [-0.05, 0) is 27.6 Å². The Kier molecular flexibility index (Phi) is 4.61. The smallest absolute Gasteiger partial charge is 0.224 e. The quantitative estimate of drug-likeness (QED) is 0.923. The molecule has 0 bridgehead atoms. The van der Waals surface area contributed by atoms with E-state index < -0.39 is 0 Å². The van der Waals surface area contributed by atoms with Crippen molar-refractivity contribution in [3.63, 3.8) is 0 Å². The number of anilines is 2. The van der Waals surface area contributed by atoms with E-state index in [1.54, 1.807) is 13.2 Å². The highest BCUT2D eigenvalue weighted by atomic mass is 79.9. The normalized spacial score (nSPS) is 10.3. The van der Waals surface area contributed by atoms with Gasteiger partial charge in [-0.2, -0.15) is 4.98 Å². The number of hydrogen-bond donors (Lipinski definition) is 1. The molecule has 1 N–H and O–H groups in total. The number of nitrogens with one attached hydrogen (secondary N) is 1. The van der Waals surface area contributed by atoms with Crippen molar-refractivity contribution in [1.29, 1.82) is 0 Å². The molecule has 0 spiro atoms. The van der Waals surface area contributed by atoms with E-state index in [-0.39, 0.29) is 0 Å². The van der Waals surface area contributed by atoms with Crippen molar-refractivity contribution in [2.45, 2.75) is 6.54 Å². The van der Waals surface area contributed by atoms with E-state index in [1.807, 2.05) is 36.2 Å². The van der Waals surface area contributed by atoms with Gasteiger partial charge in [0.2, 0.25) is 5.95 Å². The van der Waals surface area contributed by atoms with Crippen LogP contribution in [0, 0.1) is 0 Å². The molecule has 6 heteroatoms. The molecule has 0 saturated heterocycles. The zero-order valence-electron chi connectivity index (χ0n) is 10.7. The first-order valence-corrected chi connectivity index (χ1v) is 6.93. The lowest BCUT2D eigenvalue weighted by Gasteiger charge is -2.20. The molecule has 0 saturated carbocycles. The molecule has 0 fully saturated rings. The molecule has 19 heavy (non-hydrogen) atoms. The molecule has 0 amide bonds. The van der Waals surface area contributed by atoms with Gasteiger partial charge < -0.3 is 10.2 Å². The van der Waals surface area contributed by atoms with Crippen LogP contribution in [0.2, 0.25) is 5.02 Å². The minimum Gasteiger partial charge on any atom is -0.357 e. The molecule has 0 unspecified atom stereocenters. The molecule has 100 valence electrons. The Morgan fingerprint density at radius 3 is 2.79 bits per heavy atom. The Morgan fingerprint density at radius 1 is 1.37 bits per heavy atom. The maximum atomic E-state index is 6.17. The highest BCUT2D eigenvalue weighted by molar-refractivity contribution is 9.10. The lowest BCUT2D eigenvalue weighted by molar-refractivity contribution is 0.887. The molecule has 1 aromatic carbocycles. The molecular weight excluding hydrogens is 328 g/mol. The van der Waals surface area contributed by atoms with Crippen LogP contribution in [0.1, 0.15) is 5.56 Å². The molecule has 0 radical (unpaired) electrons. The summed E-state index contributed by atoms with van der Waals surface area (Å²) < 4.78 is 0.848. The number of aromatic nitrogens is 2. The number of halogens is 2. The summed E-state index contributed by atoms with van der Waals surface area (Å²) in [6.07, 6.45) is 1.73. The molecule has 2 rings (SSSR count). The lowest BCUT2D eigenvalue weighted by atomic mass is 10.2. The van der Waals surface area contributed by atoms with E-state index in [0.717, 1.165) is 20.9 Å². The molecule has 0 aliphatic heterocycles. The first kappa shape index (κ1) is 14.1. The fourth-order valence-corrected chi connectivity index (χ4v) is 2.39. The maximum Gasteiger partial charge on any atom is 0.224 e. The van der Waals surface area contributed by atoms with Gasteiger partial charge in [0.25, 0.3) is 0 Å². The summed E-state index contributed by atoms with van der Waals surface area (Å²) in [5, 5.41) is 3.69. The molecule has 1 heterocycles. The first-order chi connectivity index (χ1) is 9.11. The minimum atomic E-state index is 0.587. The lowest BCUT2D eigenvalue weighted by Crippen LogP contribution is -2.19. The Bertz CT molecular complexity index is 576. The van der Waals surface area contributed by atoms with Gasteiger partial charge in [0.05, 0.1) is 4.47 Å². The number of rotatable bonds is 4. The second-order valence-electron chi connectivity index (χ2n) is 4.06. The van der Waals surface area contributed by atoms with Crippen LogP contribution in [0.3, 0.4) is 0 Å². The molecule has 4 nitrogen and oxygen atoms in total. The van der Waals surface area contributed by atoms with Crippen molar-refractivity contribution >= 4 is 39.3 Å². The Morgan fingerprint density at radius 2 is 2.11 bits per heavy atom. The van der Waals surface area contributed by atoms with Crippen molar-refractivity contribution in [1.82, 2.24) is 9.97 Å². The molecule has 0 aliphatic rings. The zero-order valence-corrected chi connectivity index (χ0v) is 13.0. The third-order valence-corrected chi connectivity index (χ3v) is 3.60. The van der Waals surface area contributed by atoms with Crippen molar-refractivity contribution < 1.29 is 0 Å². The Hall–Kier alpha value is -1.33. The minimum absolute atomic E-state index is 0.587. The van der Waals surface area contributed by atoms with Crippen LogP contribution in [0.25, 0.3) is 0 Å². The van der Waals surface area contributed by atoms with Gasteiger partial charge in [-0.25, -0.2) is 4.98 Å². The van der Waals surface area contributed by atoms with Crippen LogP contribution in [0.5, 0.6) is 0 Å². The van der Waals surface area contributed by atoms with E-state index in [2.05, 4.69) is 31.2 Å². The summed E-state index contributed by atoms with van der Waals surface area (Å²) in [6, 6.07) is 7.79. The third-order valence-electron chi connectivity index (χ3n) is 2.68. The highest BCUT2D eigenvalue weighted by Gasteiger charge is 2.11. The molecule has 0 aliphatic carbocycles. The van der Waals surface area contributed by atoms with Gasteiger partial charge in [0, 0.05) is 31.9 Å². The highest BCUT2D eigenvalue weighted by Crippen LogP contribution is 2.26. The summed E-state index contributed by atoms with van der Waals surface area (Å²) in [4.78, 5) is 10.6. The largest absolute Gasteiger partial charge is 0.357 e. The fraction of sp³-hybridized carbons (Fsp3) is 0.231. The van der Waals surface area contributed by atoms with Crippen LogP contribution in [-0.4, -0.2) is 24.1 Å². The Balaban J connectivity index is 2.25. The van der Waals surface area contributed by atoms with Crippen LogP contribution >= 0.6 is 27.5 Å². The fourth-order valence-electron chi connectivity index (χ4n) is 1.70. The molecule has 0 atom stereocenters. The van der Waals surface area contributed by atoms with E-state index in [1.165, 1.54) is 0 Å². The van der Waals surface area contributed by atoms with Crippen LogP contribution in [0.4, 0.5) is 11.8 Å². The molecule has 2 aromatic rings. The number of nitrogens with zero attached hydrogens (tertiary/aromatic N) is 3. The number of hydrogen-bond acceptors (Lipinski definition) is 4. The first-order valence-electron chi connectivity index (χ1n) is 5.76. The van der Waals surface area contributed by atoms with E-state index in [4.69, 9.17) is 11.6 Å². The van der Waals surface area contributed by atoms with Gasteiger partial charge in [-0.1, -0.05) is 29.8 Å². The summed E-state index contributed by atoms with van der Waals surface area (Å²) in [5.74, 6) is 1.41. The summed E-state index contributed by atoms with van der Waals surface area (Å²) in [7, 11) is 3.76. The monoisotopic (exact) mass is 340 g/mol. The topological polar surface area (TPSA) is 41.1 Å². The predicted molar refractivity (Wildman–Crippen MR) is 82.8 cm³/mol. The number of benzene rings is 1. The zero-order chi connectivity index (χ0) is 13.8.